The number of hydrogen-bond acceptors (Lipinski definition) is 26. The van der Waals surface area contributed by atoms with Crippen LogP contribution in [0.5, 0.6) is 0 Å². The van der Waals surface area contributed by atoms with Gasteiger partial charge < -0.3 is 42.5 Å². The Morgan fingerprint density at radius 3 is 0.950 bits per heavy atom. The lowest BCUT2D eigenvalue weighted by Crippen LogP contribution is -2.16. The van der Waals surface area contributed by atoms with E-state index in [1.165, 1.54) is 38.1 Å². The summed E-state index contributed by atoms with van der Waals surface area (Å²) in [6.45, 7) is 10.9. The fourth-order valence-corrected chi connectivity index (χ4v) is 12.6. The quantitative estimate of drug-likeness (QED) is 0.00666. The van der Waals surface area contributed by atoms with Crippen LogP contribution in [0.3, 0.4) is 0 Å². The molecule has 4 aromatic heterocycles. The number of H-pyrrole nitrogens is 2. The van der Waals surface area contributed by atoms with Crippen molar-refractivity contribution < 1.29 is 82.3 Å². The minimum Gasteiger partial charge on any atom is -0.397 e. The number of Topliss-reactive ketones (excluding diaryl/α,β-unsaturated/α-hetero) is 4. The number of carbonyl (C=O) groups is 6. The maximum Gasteiger partial charge on any atom is 0.261 e. The molecule has 0 spiro atoms. The molecule has 0 fully saturated rings. The molecule has 14 N–H and O–H groups in total. The number of aryl methyl sites for hydroxylation is 2. The first-order valence-corrected chi connectivity index (χ1v) is 49.1. The largest absolute Gasteiger partial charge is 0.397 e. The topological polar surface area (TPSA) is 517 Å². The van der Waals surface area contributed by atoms with Gasteiger partial charge in [0.25, 0.3) is 30.4 Å². The fraction of sp³-hybridized carbons (Fsp3) is 0.103. The number of benzene rings is 14. The van der Waals surface area contributed by atoms with Crippen LogP contribution in [-0.4, -0.2) is 145 Å². The normalized spacial score (nSPS) is 10.3. The van der Waals surface area contributed by atoms with Gasteiger partial charge in [-0.2, -0.15) is 25.3 Å². The minimum absolute atomic E-state index is 0. The molecule has 14 aromatic carbocycles. The number of nitrogens with zero attached hydrogens (tertiary/aromatic N) is 6. The van der Waals surface area contributed by atoms with Gasteiger partial charge in [-0.3, -0.25) is 32.8 Å². The number of aromatic amines is 2. The summed E-state index contributed by atoms with van der Waals surface area (Å²) >= 11 is 0.929. The molecule has 0 saturated carbocycles. The van der Waals surface area contributed by atoms with Crippen molar-refractivity contribution >= 4 is 145 Å². The number of rotatable bonds is 15. The van der Waals surface area contributed by atoms with Crippen LogP contribution in [0, 0.1) is 13.8 Å². The Labute approximate surface area is 822 Å². The number of nitrogens with one attached hydrogen (secondary N) is 2. The highest BCUT2D eigenvalue weighted by molar-refractivity contribution is 7.93. The molecule has 18 aromatic rings. The first kappa shape index (κ1) is 114. The van der Waals surface area contributed by atoms with E-state index in [4.69, 9.17) is 71.4 Å². The lowest BCUT2D eigenvalue weighted by molar-refractivity contribution is -0.432. The number of aldehydes is 2. The van der Waals surface area contributed by atoms with Gasteiger partial charge in [-0.15, -0.1) is 4.33 Å². The van der Waals surface area contributed by atoms with Crippen molar-refractivity contribution in [2.45, 2.75) is 49.0 Å². The van der Waals surface area contributed by atoms with Crippen LogP contribution in [-0.2, 0) is 49.3 Å². The molecule has 0 aliphatic rings. The summed E-state index contributed by atoms with van der Waals surface area (Å²) in [5.41, 5.74) is 47.3. The van der Waals surface area contributed by atoms with Crippen LogP contribution in [0.2, 0.25) is 0 Å². The van der Waals surface area contributed by atoms with E-state index < -0.39 is 53.5 Å². The summed E-state index contributed by atoms with van der Waals surface area (Å²) < 4.78 is 81.4. The summed E-state index contributed by atoms with van der Waals surface area (Å²) in [5, 5.41) is 10.5. The molecule has 0 unspecified atom stereocenters. The number of anilines is 4. The summed E-state index contributed by atoms with van der Waals surface area (Å²) in [5.74, 6) is -0.734. The molecule has 34 heteroatoms. The third-order valence-electron chi connectivity index (χ3n) is 18.5. The van der Waals surface area contributed by atoms with E-state index in [0.717, 1.165) is 159 Å². The van der Waals surface area contributed by atoms with Gasteiger partial charge in [-0.1, -0.05) is 305 Å². The lowest BCUT2D eigenvalue weighted by atomic mass is 9.97. The lowest BCUT2D eigenvalue weighted by Gasteiger charge is -2.13. The molecular weight excluding hydrogens is 1870 g/mol. The van der Waals surface area contributed by atoms with Crippen LogP contribution in [0.25, 0.3) is 123 Å². The molecule has 141 heavy (non-hydrogen) atoms. The third-order valence-corrected chi connectivity index (χ3v) is 18.7. The molecule has 728 valence electrons. The van der Waals surface area contributed by atoms with Crippen molar-refractivity contribution in [3.8, 4) is 78.7 Å². The van der Waals surface area contributed by atoms with Crippen LogP contribution in [0.15, 0.2) is 352 Å². The fourth-order valence-electron chi connectivity index (χ4n) is 12.6. The molecule has 0 radical (unpaired) electrons. The number of ketones is 4. The highest BCUT2D eigenvalue weighted by Gasteiger charge is 2.23. The van der Waals surface area contributed by atoms with E-state index in [0.29, 0.717) is 52.6 Å². The predicted octanol–water partition coefficient (Wildman–Crippen LogP) is 22.1. The van der Waals surface area contributed by atoms with Crippen LogP contribution >= 0.6 is 12.0 Å². The predicted molar refractivity (Wildman–Crippen MR) is 565 cm³/mol. The molecule has 4 heterocycles. The number of nitrogen functional groups attached to an aromatic ring is 4. The average Bonchev–Trinajstić information content (AvgIpc) is 0.844. The maximum absolute atomic E-state index is 12.3. The molecule has 0 aliphatic heterocycles. The number of nitrogens with two attached hydrogens (primary N) is 4. The molecule has 0 amide bonds. The standard InChI is InChI=1S/C43H30N6.C22H14O4.C13H10N2.C12H14N4.C6H6.2C2H4O.C2H6.4CH4O3S.CH4/c1-26-13-20-35-37(23-26)48-40(28-9-5-3-6-10-28)42(46-35)30-14-16-31(17-15-30)43-41(29-11-7-4-8-12-29)49-39-25-33(19-22-36(39)47-43)32-18-21-34-38(24-32)45-27(2)44-34;23-19(15-7-3-1-4-8-15)21(25)17-11-13-18(14-12-17)22(26)20(24)16-9-5-2-6-10-16;1-2-6-10(7-3-1)13-14-11-8-4-5-9-12(11)15-13;13-9-3-1-7(5-11(9)15)8-2-4-10(14)12(16)6-8;1-2-4-6-5-3-1;2*1-2-3;1-2;3*1-5(2,3)4;1-5-4-3-2;/h3-25H,1-2H3,(H,44,45);1-14H;1-9H,(H,14,15);1-6H,13-16H2;1-6H;2*2H,1H3;1-2H3;3*1H3,(H,2,3,4);2H,1H3;1H4. The number of aromatic nitrogens is 8. The van der Waals surface area contributed by atoms with Gasteiger partial charge in [0.15, 0.2) is 0 Å². The number of imidazole rings is 2. The summed E-state index contributed by atoms with van der Waals surface area (Å²) in [4.78, 5) is 103. The van der Waals surface area contributed by atoms with Gasteiger partial charge in [0.2, 0.25) is 23.1 Å². The van der Waals surface area contributed by atoms with Gasteiger partial charge in [0.1, 0.15) is 24.2 Å². The van der Waals surface area contributed by atoms with Gasteiger partial charge in [0, 0.05) is 68.4 Å². The Morgan fingerprint density at radius 2 is 0.596 bits per heavy atom. The number of fused-ring (bicyclic) bond motifs is 4. The Morgan fingerprint density at radius 1 is 0.319 bits per heavy atom. The van der Waals surface area contributed by atoms with Crippen LogP contribution in [0.4, 0.5) is 22.7 Å². The number of hydrogen-bond donors (Lipinski definition) is 10. The van der Waals surface area contributed by atoms with Crippen LogP contribution in [0.1, 0.15) is 87.9 Å². The Kier molecular flexibility index (Phi) is 46.1. The van der Waals surface area contributed by atoms with E-state index in [2.05, 4.69) is 145 Å². The Bertz CT molecular complexity index is 7180. The zero-order chi connectivity index (χ0) is 102. The average molecular weight is 1980 g/mol. The van der Waals surface area contributed by atoms with Crippen molar-refractivity contribution in [3.05, 3.63) is 385 Å². The van der Waals surface area contributed by atoms with Crippen molar-refractivity contribution in [3.63, 3.8) is 0 Å². The Hall–Kier alpha value is -16.1. The summed E-state index contributed by atoms with van der Waals surface area (Å²) in [7, 11) is -11.0. The van der Waals surface area contributed by atoms with Crippen molar-refractivity contribution in [2.75, 3.05) is 48.0 Å². The second kappa shape index (κ2) is 57.2. The van der Waals surface area contributed by atoms with E-state index in [1.54, 1.807) is 79.1 Å². The van der Waals surface area contributed by atoms with Gasteiger partial charge in [-0.05, 0) is 128 Å². The molecule has 0 bridgehead atoms. The summed E-state index contributed by atoms with van der Waals surface area (Å²) in [6, 6.07) is 111. The highest BCUT2D eigenvalue weighted by Crippen LogP contribution is 2.37. The highest BCUT2D eigenvalue weighted by atomic mass is 32.2. The van der Waals surface area contributed by atoms with Crippen LogP contribution < -0.4 is 22.9 Å². The van der Waals surface area contributed by atoms with Gasteiger partial charge >= 0.3 is 0 Å². The smallest absolute Gasteiger partial charge is 0.261 e. The van der Waals surface area contributed by atoms with E-state index >= 15 is 0 Å². The number of carbonyl (C=O) groups excluding carboxylic acids is 6. The second-order valence-corrected chi connectivity index (χ2v) is 34.2. The van der Waals surface area contributed by atoms with Gasteiger partial charge in [0.05, 0.1) is 108 Å². The van der Waals surface area contributed by atoms with Crippen molar-refractivity contribution in [2.24, 2.45) is 0 Å². The molecule has 0 aliphatic carbocycles. The van der Waals surface area contributed by atoms with E-state index in [1.807, 2.05) is 166 Å². The first-order chi connectivity index (χ1) is 66.9. The summed E-state index contributed by atoms with van der Waals surface area (Å²) in [6.07, 6.45) is 5.27. The maximum atomic E-state index is 12.3. The first-order valence-electron chi connectivity index (χ1n) is 42.4. The minimum atomic E-state index is -3.67. The third kappa shape index (κ3) is 38.1. The molecule has 0 saturated heterocycles. The van der Waals surface area contributed by atoms with Crippen molar-refractivity contribution in [1.29, 1.82) is 0 Å². The van der Waals surface area contributed by atoms with E-state index in [-0.39, 0.29) is 18.6 Å². The Balaban J connectivity index is 0.000000278. The molecule has 18 rings (SSSR count). The SMILES string of the molecule is C.CC.CC=O.CC=O.CS(=O)(=O)O.CS(=O)(=O)O.CS(=O)(=O)O.CSOOO.Cc1ccc2nc(-c3ccc(-c4nc5ccc(-c6ccc7[nH]c(C)nc7c6)cc5nc4-c4ccccc4)cc3)c(-c3ccccc3)nc2c1.Nc1ccc(-c2ccc(N)c(N)c2)cc1N.O=C(C(=O)c1ccc(C(=O)C(=O)c2ccccc2)cc1)c1ccccc1.c1ccc(-c2nc3ccccc3[nH]2)cc1.c1ccccc1. The van der Waals surface area contributed by atoms with E-state index in [9.17, 15) is 44.4 Å². The molecular formula is C107H108N12O18S4. The second-order valence-electron chi connectivity index (χ2n) is 29.3. The molecule has 30 nitrogen and oxygen atoms in total. The monoisotopic (exact) mass is 1980 g/mol. The zero-order valence-corrected chi connectivity index (χ0v) is 81.0. The van der Waals surface area contributed by atoms with Gasteiger partial charge in [-0.25, -0.2) is 35.2 Å². The molecule has 0 atom stereocenters. The van der Waals surface area contributed by atoms with Crippen molar-refractivity contribution in [1.82, 2.24) is 39.9 Å². The number of para-hydroxylation sites is 2. The zero-order valence-electron chi connectivity index (χ0n) is 77.8.